The second kappa shape index (κ2) is 1.80. The molecule has 0 spiro atoms. The minimum Gasteiger partial charge on any atom is -0.128 e. The van der Waals surface area contributed by atoms with Gasteiger partial charge < -0.3 is 0 Å². The number of hydrogen-bond acceptors (Lipinski definition) is 1. The summed E-state index contributed by atoms with van der Waals surface area (Å²) in [6.45, 7) is 6.82. The third kappa shape index (κ3) is 0.921. The van der Waals surface area contributed by atoms with Crippen LogP contribution in [0.5, 0.6) is 0 Å². The van der Waals surface area contributed by atoms with E-state index in [1.54, 1.807) is 0 Å². The first kappa shape index (κ1) is 6.21. The van der Waals surface area contributed by atoms with Gasteiger partial charge in [-0.15, -0.1) is 11.8 Å². The molecule has 0 radical (unpaired) electrons. The third-order valence-electron chi connectivity index (χ3n) is 1.84. The zero-order valence-electron chi connectivity index (χ0n) is 5.64. The van der Waals surface area contributed by atoms with E-state index < -0.39 is 0 Å². The van der Waals surface area contributed by atoms with Crippen molar-refractivity contribution in [1.29, 1.82) is 0 Å². The molecule has 0 aromatic rings. The number of thioether (sulfide) groups is 1. The fourth-order valence-corrected chi connectivity index (χ4v) is 1.63. The molecule has 1 aliphatic rings. The van der Waals surface area contributed by atoms with Crippen molar-refractivity contribution in [3.63, 3.8) is 0 Å². The lowest BCUT2D eigenvalue weighted by molar-refractivity contribution is 0.566. The lowest BCUT2D eigenvalue weighted by atomic mass is 9.98. The van der Waals surface area contributed by atoms with E-state index in [0.717, 1.165) is 5.92 Å². The Kier molecular flexibility index (Phi) is 1.40. The summed E-state index contributed by atoms with van der Waals surface area (Å²) in [4.78, 5) is 0. The molecular formula is C7H12S. The lowest BCUT2D eigenvalue weighted by Crippen LogP contribution is -2.18. The molecule has 0 saturated heterocycles. The van der Waals surface area contributed by atoms with Crippen LogP contribution in [0.3, 0.4) is 0 Å². The number of allylic oxidation sites excluding steroid dienone is 1. The maximum atomic E-state index is 2.28. The van der Waals surface area contributed by atoms with E-state index >= 15 is 0 Å². The van der Waals surface area contributed by atoms with Gasteiger partial charge in [-0.1, -0.05) is 13.0 Å². The molecule has 0 bridgehead atoms. The SMILES string of the molecule is CC1C=CSC1(C)C. The quantitative estimate of drug-likeness (QED) is 0.483. The summed E-state index contributed by atoms with van der Waals surface area (Å²) in [6.07, 6.45) is 2.27. The summed E-state index contributed by atoms with van der Waals surface area (Å²) in [7, 11) is 0. The van der Waals surface area contributed by atoms with Crippen molar-refractivity contribution in [3.8, 4) is 0 Å². The van der Waals surface area contributed by atoms with Crippen molar-refractivity contribution in [3.05, 3.63) is 11.5 Å². The van der Waals surface area contributed by atoms with Crippen molar-refractivity contribution in [2.24, 2.45) is 5.92 Å². The molecule has 1 rings (SSSR count). The molecule has 0 aromatic heterocycles. The first-order valence-electron chi connectivity index (χ1n) is 2.97. The van der Waals surface area contributed by atoms with Gasteiger partial charge in [-0.05, 0) is 25.2 Å². The van der Waals surface area contributed by atoms with Gasteiger partial charge in [-0.3, -0.25) is 0 Å². The van der Waals surface area contributed by atoms with Crippen LogP contribution in [-0.2, 0) is 0 Å². The van der Waals surface area contributed by atoms with E-state index in [2.05, 4.69) is 32.3 Å². The van der Waals surface area contributed by atoms with Crippen LogP contribution >= 0.6 is 11.8 Å². The van der Waals surface area contributed by atoms with Crippen molar-refractivity contribution in [1.82, 2.24) is 0 Å². The van der Waals surface area contributed by atoms with Gasteiger partial charge in [0.25, 0.3) is 0 Å². The maximum absolute atomic E-state index is 2.28. The lowest BCUT2D eigenvalue weighted by Gasteiger charge is -2.21. The Morgan fingerprint density at radius 3 is 2.25 bits per heavy atom. The Morgan fingerprint density at radius 1 is 1.50 bits per heavy atom. The van der Waals surface area contributed by atoms with Gasteiger partial charge in [0.1, 0.15) is 0 Å². The second-order valence-corrected chi connectivity index (χ2v) is 4.40. The van der Waals surface area contributed by atoms with Crippen LogP contribution in [0, 0.1) is 5.92 Å². The zero-order chi connectivity index (χ0) is 6.20. The normalized spacial score (nSPS) is 33.6. The van der Waals surface area contributed by atoms with E-state index in [-0.39, 0.29) is 0 Å². The van der Waals surface area contributed by atoms with Crippen LogP contribution in [0.4, 0.5) is 0 Å². The molecule has 1 heteroatoms. The standard InChI is InChI=1S/C7H12S/c1-6-4-5-8-7(6,2)3/h4-6H,1-3H3. The van der Waals surface area contributed by atoms with Crippen LogP contribution in [0.1, 0.15) is 20.8 Å². The fraction of sp³-hybridized carbons (Fsp3) is 0.714. The van der Waals surface area contributed by atoms with Crippen molar-refractivity contribution >= 4 is 11.8 Å². The summed E-state index contributed by atoms with van der Waals surface area (Å²) < 4.78 is 0.458. The number of rotatable bonds is 0. The Labute approximate surface area is 55.4 Å². The van der Waals surface area contributed by atoms with Crippen LogP contribution in [-0.4, -0.2) is 4.75 Å². The van der Waals surface area contributed by atoms with Gasteiger partial charge in [-0.25, -0.2) is 0 Å². The molecule has 0 nitrogen and oxygen atoms in total. The highest BCUT2D eigenvalue weighted by molar-refractivity contribution is 8.03. The Morgan fingerprint density at radius 2 is 2.12 bits per heavy atom. The van der Waals surface area contributed by atoms with E-state index in [4.69, 9.17) is 0 Å². The van der Waals surface area contributed by atoms with Gasteiger partial charge in [0, 0.05) is 4.75 Å². The van der Waals surface area contributed by atoms with Crippen LogP contribution in [0.15, 0.2) is 11.5 Å². The molecule has 1 unspecified atom stereocenters. The van der Waals surface area contributed by atoms with Gasteiger partial charge in [-0.2, -0.15) is 0 Å². The molecule has 8 heavy (non-hydrogen) atoms. The van der Waals surface area contributed by atoms with Crippen molar-refractivity contribution in [2.75, 3.05) is 0 Å². The highest BCUT2D eigenvalue weighted by atomic mass is 32.2. The summed E-state index contributed by atoms with van der Waals surface area (Å²) in [5, 5.41) is 2.20. The van der Waals surface area contributed by atoms with Gasteiger partial charge in [0.15, 0.2) is 0 Å². The largest absolute Gasteiger partial charge is 0.128 e. The van der Waals surface area contributed by atoms with Crippen LogP contribution in [0.25, 0.3) is 0 Å². The van der Waals surface area contributed by atoms with E-state index in [0.29, 0.717) is 4.75 Å². The molecule has 0 saturated carbocycles. The predicted molar refractivity (Wildman–Crippen MR) is 40.0 cm³/mol. The first-order chi connectivity index (χ1) is 3.63. The topological polar surface area (TPSA) is 0 Å². The molecule has 1 aliphatic heterocycles. The van der Waals surface area contributed by atoms with Gasteiger partial charge in [0.05, 0.1) is 0 Å². The summed E-state index contributed by atoms with van der Waals surface area (Å²) in [6, 6.07) is 0. The molecule has 0 amide bonds. The maximum Gasteiger partial charge on any atom is 0.0205 e. The van der Waals surface area contributed by atoms with E-state index in [1.165, 1.54) is 0 Å². The second-order valence-electron chi connectivity index (χ2n) is 2.84. The minimum atomic E-state index is 0.458. The number of hydrogen-bond donors (Lipinski definition) is 0. The van der Waals surface area contributed by atoms with E-state index in [9.17, 15) is 0 Å². The molecule has 1 heterocycles. The van der Waals surface area contributed by atoms with Crippen molar-refractivity contribution < 1.29 is 0 Å². The molecule has 0 aromatic carbocycles. The van der Waals surface area contributed by atoms with Gasteiger partial charge in [0.2, 0.25) is 0 Å². The van der Waals surface area contributed by atoms with E-state index in [1.807, 2.05) is 11.8 Å². The Balaban J connectivity index is 2.64. The molecule has 0 aliphatic carbocycles. The minimum absolute atomic E-state index is 0.458. The fourth-order valence-electron chi connectivity index (χ4n) is 0.672. The first-order valence-corrected chi connectivity index (χ1v) is 3.85. The average Bonchev–Trinajstić information content (AvgIpc) is 1.86. The van der Waals surface area contributed by atoms with Crippen LogP contribution in [0.2, 0.25) is 0 Å². The average molecular weight is 128 g/mol. The Hall–Kier alpha value is 0.0900. The summed E-state index contributed by atoms with van der Waals surface area (Å²) >= 11 is 1.93. The third-order valence-corrected chi connectivity index (χ3v) is 3.11. The Bertz CT molecular complexity index is 114. The highest BCUT2D eigenvalue weighted by Crippen LogP contribution is 2.39. The summed E-state index contributed by atoms with van der Waals surface area (Å²) in [5.41, 5.74) is 0. The zero-order valence-corrected chi connectivity index (χ0v) is 6.46. The molecule has 0 N–H and O–H groups in total. The van der Waals surface area contributed by atoms with Crippen molar-refractivity contribution in [2.45, 2.75) is 25.5 Å². The van der Waals surface area contributed by atoms with Crippen LogP contribution < -0.4 is 0 Å². The monoisotopic (exact) mass is 128 g/mol. The predicted octanol–water partition coefficient (Wildman–Crippen LogP) is 2.66. The van der Waals surface area contributed by atoms with Gasteiger partial charge >= 0.3 is 0 Å². The summed E-state index contributed by atoms with van der Waals surface area (Å²) in [5.74, 6) is 0.743. The molecule has 1 atom stereocenters. The highest BCUT2D eigenvalue weighted by Gasteiger charge is 2.27. The molecule has 0 fully saturated rings. The molecule has 46 valence electrons. The smallest absolute Gasteiger partial charge is 0.0205 e. The molecular weight excluding hydrogens is 116 g/mol.